The second kappa shape index (κ2) is 8.32. The molecule has 8 nitrogen and oxygen atoms in total. The van der Waals surface area contributed by atoms with Gasteiger partial charge in [0.2, 0.25) is 0 Å². The molecule has 1 aromatic carbocycles. The summed E-state index contributed by atoms with van der Waals surface area (Å²) in [7, 11) is 2.89. The lowest BCUT2D eigenvalue weighted by molar-refractivity contribution is -0.138. The number of esters is 1. The number of ether oxygens (including phenoxy) is 1. The number of hydrogen-bond acceptors (Lipinski definition) is 5. The summed E-state index contributed by atoms with van der Waals surface area (Å²) in [6, 6.07) is 9.36. The Balaban J connectivity index is 1.74. The van der Waals surface area contributed by atoms with Gasteiger partial charge in [0.05, 0.1) is 16.9 Å². The highest BCUT2D eigenvalue weighted by Crippen LogP contribution is 2.24. The van der Waals surface area contributed by atoms with Crippen molar-refractivity contribution in [2.24, 2.45) is 14.1 Å². The highest BCUT2D eigenvalue weighted by atomic mass is 35.5. The summed E-state index contributed by atoms with van der Waals surface area (Å²) in [6.07, 6.45) is 3.80. The van der Waals surface area contributed by atoms with Gasteiger partial charge in [0.25, 0.3) is 5.56 Å². The van der Waals surface area contributed by atoms with Gasteiger partial charge in [0.1, 0.15) is 11.8 Å². The molecular formula is C20H19ClN4O4. The molecule has 0 saturated carbocycles. The van der Waals surface area contributed by atoms with Crippen LogP contribution in [0.3, 0.4) is 0 Å². The van der Waals surface area contributed by atoms with Crippen LogP contribution in [0.4, 0.5) is 0 Å². The third kappa shape index (κ3) is 4.22. The lowest BCUT2D eigenvalue weighted by Gasteiger charge is -2.04. The Hall–Kier alpha value is -3.39. The molecule has 150 valence electrons. The number of para-hydroxylation sites is 1. The van der Waals surface area contributed by atoms with Gasteiger partial charge in [-0.3, -0.25) is 9.36 Å². The van der Waals surface area contributed by atoms with E-state index in [0.717, 1.165) is 16.3 Å². The maximum atomic E-state index is 12.1. The number of aromatic nitrogens is 4. The van der Waals surface area contributed by atoms with Gasteiger partial charge in [-0.2, -0.15) is 5.10 Å². The monoisotopic (exact) mass is 414 g/mol. The average Bonchev–Trinajstić information content (AvgIpc) is 3.00. The summed E-state index contributed by atoms with van der Waals surface area (Å²) in [5.41, 5.74) is 1.27. The summed E-state index contributed by atoms with van der Waals surface area (Å²) in [4.78, 5) is 35.9. The molecule has 0 atom stereocenters. The Morgan fingerprint density at radius 3 is 2.59 bits per heavy atom. The highest BCUT2D eigenvalue weighted by Gasteiger charge is 2.16. The van der Waals surface area contributed by atoms with Gasteiger partial charge in [-0.15, -0.1) is 0 Å². The van der Waals surface area contributed by atoms with Crippen LogP contribution < -0.4 is 11.2 Å². The topological polar surface area (TPSA) is 88.1 Å². The maximum Gasteiger partial charge on any atom is 0.331 e. The largest absolute Gasteiger partial charge is 0.457 e. The van der Waals surface area contributed by atoms with Crippen LogP contribution >= 0.6 is 11.6 Å². The van der Waals surface area contributed by atoms with E-state index in [-0.39, 0.29) is 12.2 Å². The van der Waals surface area contributed by atoms with E-state index in [0.29, 0.717) is 16.4 Å². The molecule has 0 radical (unpaired) electrons. The van der Waals surface area contributed by atoms with Crippen molar-refractivity contribution in [3.63, 3.8) is 0 Å². The molecule has 9 heteroatoms. The van der Waals surface area contributed by atoms with Crippen molar-refractivity contribution in [1.82, 2.24) is 18.9 Å². The Morgan fingerprint density at radius 1 is 1.21 bits per heavy atom. The Bertz CT molecular complexity index is 1210. The Kier molecular flexibility index (Phi) is 5.84. The molecular weight excluding hydrogens is 396 g/mol. The van der Waals surface area contributed by atoms with Gasteiger partial charge in [-0.1, -0.05) is 29.8 Å². The fraction of sp³-hybridized carbons (Fsp3) is 0.200. The van der Waals surface area contributed by atoms with Crippen LogP contribution in [-0.2, 0) is 30.2 Å². The highest BCUT2D eigenvalue weighted by molar-refractivity contribution is 6.30. The normalized spacial score (nSPS) is 11.2. The minimum Gasteiger partial charge on any atom is -0.457 e. The summed E-state index contributed by atoms with van der Waals surface area (Å²) < 4.78 is 9.04. The van der Waals surface area contributed by atoms with Crippen molar-refractivity contribution in [3.05, 3.63) is 85.4 Å². The van der Waals surface area contributed by atoms with Crippen molar-refractivity contribution in [1.29, 1.82) is 0 Å². The molecule has 0 amide bonds. The fourth-order valence-electron chi connectivity index (χ4n) is 2.74. The predicted octanol–water partition coefficient (Wildman–Crippen LogP) is 1.99. The molecule has 0 bridgehead atoms. The van der Waals surface area contributed by atoms with E-state index in [2.05, 4.69) is 5.10 Å². The zero-order valence-corrected chi connectivity index (χ0v) is 16.9. The van der Waals surface area contributed by atoms with Gasteiger partial charge < -0.3 is 9.30 Å². The first-order valence-corrected chi connectivity index (χ1v) is 9.08. The first-order valence-electron chi connectivity index (χ1n) is 8.70. The summed E-state index contributed by atoms with van der Waals surface area (Å²) in [5.74, 6) is -0.649. The molecule has 3 aromatic rings. The Morgan fingerprint density at radius 2 is 1.90 bits per heavy atom. The van der Waals surface area contributed by atoms with Crippen LogP contribution in [0.25, 0.3) is 11.8 Å². The molecule has 0 unspecified atom stereocenters. The lowest BCUT2D eigenvalue weighted by atomic mass is 10.3. The lowest BCUT2D eigenvalue weighted by Crippen LogP contribution is -2.37. The number of carbonyl (C=O) groups excluding carboxylic acids is 1. The SMILES string of the molecule is Cc1nn(-c2ccccc2)c(Cl)c1COC(=O)/C=C/c1cn(C)c(=O)n(C)c1=O. The molecule has 0 aliphatic rings. The molecule has 3 rings (SSSR count). The van der Waals surface area contributed by atoms with Gasteiger partial charge in [-0.05, 0) is 25.1 Å². The fourth-order valence-corrected chi connectivity index (χ4v) is 3.06. The van der Waals surface area contributed by atoms with E-state index in [1.165, 1.54) is 30.9 Å². The van der Waals surface area contributed by atoms with Crippen LogP contribution in [0.15, 0.2) is 52.2 Å². The number of hydrogen-bond donors (Lipinski definition) is 0. The van der Waals surface area contributed by atoms with Gasteiger partial charge in [0.15, 0.2) is 0 Å². The van der Waals surface area contributed by atoms with Crippen molar-refractivity contribution in [2.45, 2.75) is 13.5 Å². The van der Waals surface area contributed by atoms with E-state index >= 15 is 0 Å². The summed E-state index contributed by atoms with van der Waals surface area (Å²) in [5, 5.41) is 4.75. The van der Waals surface area contributed by atoms with Crippen molar-refractivity contribution >= 4 is 23.6 Å². The molecule has 0 aliphatic carbocycles. The molecule has 0 saturated heterocycles. The van der Waals surface area contributed by atoms with Gasteiger partial charge in [-0.25, -0.2) is 14.3 Å². The molecule has 0 aliphatic heterocycles. The minimum absolute atomic E-state index is 0.0635. The Labute approximate surface area is 171 Å². The van der Waals surface area contributed by atoms with Crippen LogP contribution in [-0.4, -0.2) is 24.9 Å². The van der Waals surface area contributed by atoms with Crippen LogP contribution in [0, 0.1) is 6.92 Å². The van der Waals surface area contributed by atoms with Crippen LogP contribution in [0.2, 0.25) is 5.15 Å². The average molecular weight is 415 g/mol. The number of benzene rings is 1. The molecule has 0 N–H and O–H groups in total. The van der Waals surface area contributed by atoms with Crippen molar-refractivity contribution < 1.29 is 9.53 Å². The predicted molar refractivity (Wildman–Crippen MR) is 109 cm³/mol. The first-order chi connectivity index (χ1) is 13.8. The summed E-state index contributed by atoms with van der Waals surface area (Å²) in [6.45, 7) is 1.71. The number of nitrogens with zero attached hydrogens (tertiary/aromatic N) is 4. The quantitative estimate of drug-likeness (QED) is 0.470. The molecule has 0 fully saturated rings. The van der Waals surface area contributed by atoms with Crippen LogP contribution in [0.1, 0.15) is 16.8 Å². The third-order valence-corrected chi connectivity index (χ3v) is 4.74. The minimum atomic E-state index is -0.649. The summed E-state index contributed by atoms with van der Waals surface area (Å²) >= 11 is 6.41. The second-order valence-electron chi connectivity index (χ2n) is 6.39. The molecule has 2 heterocycles. The maximum absolute atomic E-state index is 12.1. The van der Waals surface area contributed by atoms with E-state index in [9.17, 15) is 14.4 Å². The number of aryl methyl sites for hydroxylation is 2. The van der Waals surface area contributed by atoms with E-state index in [4.69, 9.17) is 16.3 Å². The van der Waals surface area contributed by atoms with Crippen molar-refractivity contribution in [2.75, 3.05) is 0 Å². The molecule has 2 aromatic heterocycles. The first kappa shape index (κ1) is 20.3. The second-order valence-corrected chi connectivity index (χ2v) is 6.74. The van der Waals surface area contributed by atoms with E-state index in [1.54, 1.807) is 11.6 Å². The standard InChI is InChI=1S/C20H19ClN4O4/c1-13-16(18(21)25(22-13)15-7-5-4-6-8-15)12-29-17(26)10-9-14-11-23(2)20(28)24(3)19(14)27/h4-11H,12H2,1-3H3/b10-9+. The number of halogens is 1. The third-order valence-electron chi connectivity index (χ3n) is 4.35. The zero-order chi connectivity index (χ0) is 21.1. The molecule has 29 heavy (non-hydrogen) atoms. The van der Waals surface area contributed by atoms with Gasteiger partial charge >= 0.3 is 11.7 Å². The number of carbonyl (C=O) groups is 1. The van der Waals surface area contributed by atoms with E-state index < -0.39 is 17.2 Å². The van der Waals surface area contributed by atoms with Gasteiger partial charge in [0, 0.05) is 31.9 Å². The van der Waals surface area contributed by atoms with Crippen molar-refractivity contribution in [3.8, 4) is 5.69 Å². The zero-order valence-electron chi connectivity index (χ0n) is 16.1. The van der Waals surface area contributed by atoms with Crippen LogP contribution in [0.5, 0.6) is 0 Å². The number of rotatable bonds is 5. The smallest absolute Gasteiger partial charge is 0.331 e. The van der Waals surface area contributed by atoms with E-state index in [1.807, 2.05) is 30.3 Å². The molecule has 0 spiro atoms.